The molecule has 0 N–H and O–H groups in total. The Hall–Kier alpha value is -1.36. The number of aromatic nitrogens is 1. The molecular weight excluding hydrogens is 313 g/mol. The van der Waals surface area contributed by atoms with Gasteiger partial charge in [-0.1, -0.05) is 35.5 Å². The number of fused-ring (bicyclic) bond motifs is 1. The van der Waals surface area contributed by atoms with Crippen LogP contribution < -0.4 is 0 Å². The summed E-state index contributed by atoms with van der Waals surface area (Å²) in [5, 5.41) is 5.20. The summed E-state index contributed by atoms with van der Waals surface area (Å²) in [4.78, 5) is 0. The summed E-state index contributed by atoms with van der Waals surface area (Å²) in [6.07, 6.45) is 0. The SMILES string of the molecule is Ic1ccc2onc(-c3ccccc3)c2c1. The van der Waals surface area contributed by atoms with Crippen LogP contribution in [0.5, 0.6) is 0 Å². The first-order chi connectivity index (χ1) is 7.84. The second-order valence-corrected chi connectivity index (χ2v) is 4.78. The predicted octanol–water partition coefficient (Wildman–Crippen LogP) is 4.10. The van der Waals surface area contributed by atoms with Gasteiger partial charge in [-0.3, -0.25) is 0 Å². The molecule has 0 aliphatic heterocycles. The van der Waals surface area contributed by atoms with Crippen LogP contribution in [0.2, 0.25) is 0 Å². The first-order valence-corrected chi connectivity index (χ1v) is 6.03. The van der Waals surface area contributed by atoms with Crippen LogP contribution >= 0.6 is 22.6 Å². The van der Waals surface area contributed by atoms with Gasteiger partial charge in [0.25, 0.3) is 0 Å². The third-order valence-corrected chi connectivity index (χ3v) is 3.15. The van der Waals surface area contributed by atoms with Crippen molar-refractivity contribution >= 4 is 33.6 Å². The zero-order chi connectivity index (χ0) is 11.0. The fraction of sp³-hybridized carbons (Fsp3) is 0. The molecule has 0 radical (unpaired) electrons. The van der Waals surface area contributed by atoms with Crippen molar-refractivity contribution in [2.24, 2.45) is 0 Å². The molecule has 78 valence electrons. The maximum Gasteiger partial charge on any atom is 0.167 e. The number of benzene rings is 2. The van der Waals surface area contributed by atoms with E-state index in [1.54, 1.807) is 0 Å². The van der Waals surface area contributed by atoms with E-state index >= 15 is 0 Å². The second-order valence-electron chi connectivity index (χ2n) is 3.54. The van der Waals surface area contributed by atoms with E-state index < -0.39 is 0 Å². The maximum atomic E-state index is 5.31. The Morgan fingerprint density at radius 2 is 1.81 bits per heavy atom. The van der Waals surface area contributed by atoms with E-state index in [4.69, 9.17) is 4.52 Å². The smallest absolute Gasteiger partial charge is 0.167 e. The first-order valence-electron chi connectivity index (χ1n) is 4.95. The van der Waals surface area contributed by atoms with Gasteiger partial charge in [0.15, 0.2) is 5.58 Å². The lowest BCUT2D eigenvalue weighted by Gasteiger charge is -1.95. The zero-order valence-corrected chi connectivity index (χ0v) is 10.5. The highest BCUT2D eigenvalue weighted by atomic mass is 127. The molecule has 16 heavy (non-hydrogen) atoms. The summed E-state index contributed by atoms with van der Waals surface area (Å²) >= 11 is 2.29. The molecule has 0 aliphatic carbocycles. The highest BCUT2D eigenvalue weighted by Gasteiger charge is 2.09. The van der Waals surface area contributed by atoms with Crippen molar-refractivity contribution in [2.75, 3.05) is 0 Å². The highest BCUT2D eigenvalue weighted by molar-refractivity contribution is 14.1. The Labute approximate surface area is 106 Å². The van der Waals surface area contributed by atoms with Gasteiger partial charge in [0.2, 0.25) is 0 Å². The Morgan fingerprint density at radius 1 is 1.00 bits per heavy atom. The molecule has 0 aliphatic rings. The Kier molecular flexibility index (Phi) is 2.40. The van der Waals surface area contributed by atoms with Gasteiger partial charge in [-0.2, -0.15) is 0 Å². The molecule has 0 fully saturated rings. The average Bonchev–Trinajstić information content (AvgIpc) is 2.73. The van der Waals surface area contributed by atoms with Gasteiger partial charge in [0.05, 0.1) is 5.39 Å². The summed E-state index contributed by atoms with van der Waals surface area (Å²) < 4.78 is 6.49. The third-order valence-electron chi connectivity index (χ3n) is 2.48. The molecule has 0 spiro atoms. The van der Waals surface area contributed by atoms with Crippen LogP contribution in [-0.2, 0) is 0 Å². The highest BCUT2D eigenvalue weighted by Crippen LogP contribution is 2.28. The van der Waals surface area contributed by atoms with E-state index in [0.717, 1.165) is 22.2 Å². The molecule has 0 saturated heterocycles. The van der Waals surface area contributed by atoms with Crippen LogP contribution in [0.15, 0.2) is 53.1 Å². The van der Waals surface area contributed by atoms with Crippen molar-refractivity contribution < 1.29 is 4.52 Å². The summed E-state index contributed by atoms with van der Waals surface area (Å²) in [5.41, 5.74) is 2.83. The lowest BCUT2D eigenvalue weighted by atomic mass is 10.1. The number of halogens is 1. The number of rotatable bonds is 1. The van der Waals surface area contributed by atoms with Crippen molar-refractivity contribution in [3.63, 3.8) is 0 Å². The normalized spacial score (nSPS) is 10.8. The molecular formula is C13H8INO. The summed E-state index contributed by atoms with van der Waals surface area (Å²) in [6, 6.07) is 16.1. The Bertz CT molecular complexity index is 631. The number of hydrogen-bond donors (Lipinski definition) is 0. The van der Waals surface area contributed by atoms with Crippen molar-refractivity contribution in [1.29, 1.82) is 0 Å². The topological polar surface area (TPSA) is 26.0 Å². The third kappa shape index (κ3) is 1.61. The van der Waals surface area contributed by atoms with Gasteiger partial charge in [-0.25, -0.2) is 0 Å². The molecule has 0 atom stereocenters. The molecule has 3 heteroatoms. The molecule has 0 saturated carbocycles. The molecule has 0 unspecified atom stereocenters. The first kappa shape index (κ1) is 9.84. The molecule has 3 aromatic rings. The van der Waals surface area contributed by atoms with Gasteiger partial charge < -0.3 is 4.52 Å². The van der Waals surface area contributed by atoms with E-state index in [2.05, 4.69) is 33.8 Å². The monoisotopic (exact) mass is 321 g/mol. The molecule has 1 heterocycles. The lowest BCUT2D eigenvalue weighted by Crippen LogP contribution is -1.77. The van der Waals surface area contributed by atoms with E-state index in [0.29, 0.717) is 0 Å². The maximum absolute atomic E-state index is 5.31. The molecule has 0 bridgehead atoms. The molecule has 2 aromatic carbocycles. The van der Waals surface area contributed by atoms with E-state index in [1.165, 1.54) is 3.57 Å². The van der Waals surface area contributed by atoms with Crippen molar-refractivity contribution in [3.05, 3.63) is 52.1 Å². The van der Waals surface area contributed by atoms with Crippen molar-refractivity contribution in [2.45, 2.75) is 0 Å². The molecule has 2 nitrogen and oxygen atoms in total. The van der Waals surface area contributed by atoms with Crippen LogP contribution in [0.3, 0.4) is 0 Å². The molecule has 1 aromatic heterocycles. The van der Waals surface area contributed by atoms with Gasteiger partial charge in [0.1, 0.15) is 5.69 Å². The minimum Gasteiger partial charge on any atom is -0.356 e. The van der Waals surface area contributed by atoms with Crippen LogP contribution in [0, 0.1) is 3.57 Å². The Morgan fingerprint density at radius 3 is 2.62 bits per heavy atom. The zero-order valence-electron chi connectivity index (χ0n) is 8.35. The van der Waals surface area contributed by atoms with Crippen molar-refractivity contribution in [3.8, 4) is 11.3 Å². The summed E-state index contributed by atoms with van der Waals surface area (Å²) in [7, 11) is 0. The number of nitrogens with zero attached hydrogens (tertiary/aromatic N) is 1. The average molecular weight is 321 g/mol. The van der Waals surface area contributed by atoms with E-state index in [9.17, 15) is 0 Å². The Balaban J connectivity index is 2.29. The van der Waals surface area contributed by atoms with E-state index in [-0.39, 0.29) is 0 Å². The van der Waals surface area contributed by atoms with Crippen LogP contribution in [0.25, 0.3) is 22.2 Å². The van der Waals surface area contributed by atoms with E-state index in [1.807, 2.05) is 42.5 Å². The largest absolute Gasteiger partial charge is 0.356 e. The summed E-state index contributed by atoms with van der Waals surface area (Å²) in [5.74, 6) is 0. The van der Waals surface area contributed by atoms with Gasteiger partial charge in [0, 0.05) is 9.13 Å². The minimum absolute atomic E-state index is 0.833. The summed E-state index contributed by atoms with van der Waals surface area (Å²) in [6.45, 7) is 0. The molecule has 3 rings (SSSR count). The fourth-order valence-electron chi connectivity index (χ4n) is 1.72. The fourth-order valence-corrected chi connectivity index (χ4v) is 2.21. The van der Waals surface area contributed by atoms with Gasteiger partial charge in [-0.15, -0.1) is 0 Å². The van der Waals surface area contributed by atoms with Crippen LogP contribution in [-0.4, -0.2) is 5.16 Å². The van der Waals surface area contributed by atoms with Crippen LogP contribution in [0.1, 0.15) is 0 Å². The molecule has 0 amide bonds. The predicted molar refractivity (Wildman–Crippen MR) is 72.2 cm³/mol. The lowest BCUT2D eigenvalue weighted by molar-refractivity contribution is 0.459. The van der Waals surface area contributed by atoms with Gasteiger partial charge >= 0.3 is 0 Å². The minimum atomic E-state index is 0.833. The number of hydrogen-bond acceptors (Lipinski definition) is 2. The van der Waals surface area contributed by atoms with Gasteiger partial charge in [-0.05, 0) is 40.8 Å². The standard InChI is InChI=1S/C13H8INO/c14-10-6-7-12-11(8-10)13(15-16-12)9-4-2-1-3-5-9/h1-8H. The van der Waals surface area contributed by atoms with Crippen molar-refractivity contribution in [1.82, 2.24) is 5.16 Å². The second kappa shape index (κ2) is 3.90. The van der Waals surface area contributed by atoms with Crippen LogP contribution in [0.4, 0.5) is 0 Å². The quantitative estimate of drug-likeness (QED) is 0.631.